The van der Waals surface area contributed by atoms with Gasteiger partial charge in [0.15, 0.2) is 0 Å². The number of rotatable bonds is 6. The molecule has 0 amide bonds. The largest absolute Gasteiger partial charge is 0.492 e. The molecule has 3 rings (SSSR count). The van der Waals surface area contributed by atoms with E-state index in [1.807, 2.05) is 25.1 Å². The second kappa shape index (κ2) is 6.22. The number of nitrogens with one attached hydrogen (secondary N) is 1. The van der Waals surface area contributed by atoms with Crippen LogP contribution in [0.25, 0.3) is 11.1 Å². The Bertz CT molecular complexity index is 626. The van der Waals surface area contributed by atoms with Gasteiger partial charge in [0.1, 0.15) is 11.6 Å². The smallest absolute Gasteiger partial charge is 0.138 e. The summed E-state index contributed by atoms with van der Waals surface area (Å²) >= 11 is 0. The van der Waals surface area contributed by atoms with E-state index in [4.69, 9.17) is 4.74 Å². The molecule has 0 bridgehead atoms. The van der Waals surface area contributed by atoms with Gasteiger partial charge < -0.3 is 10.1 Å². The predicted molar refractivity (Wildman–Crippen MR) is 80.7 cm³/mol. The molecule has 4 heteroatoms. The summed E-state index contributed by atoms with van der Waals surface area (Å²) in [6.45, 7) is 3.10. The van der Waals surface area contributed by atoms with Crippen LogP contribution in [-0.4, -0.2) is 17.6 Å². The summed E-state index contributed by atoms with van der Waals surface area (Å²) in [5.41, 5.74) is 2.39. The summed E-state index contributed by atoms with van der Waals surface area (Å²) in [7, 11) is 0. The Kier molecular flexibility index (Phi) is 4.15. The molecule has 110 valence electrons. The summed E-state index contributed by atoms with van der Waals surface area (Å²) in [4.78, 5) is 4.14. The second-order valence-electron chi connectivity index (χ2n) is 5.30. The van der Waals surface area contributed by atoms with Gasteiger partial charge in [0.25, 0.3) is 0 Å². The zero-order chi connectivity index (χ0) is 14.7. The summed E-state index contributed by atoms with van der Waals surface area (Å²) in [6, 6.07) is 7.80. The van der Waals surface area contributed by atoms with Crippen LogP contribution in [0.3, 0.4) is 0 Å². The predicted octanol–water partition coefficient (Wildman–Crippen LogP) is 3.54. The van der Waals surface area contributed by atoms with E-state index >= 15 is 0 Å². The highest BCUT2D eigenvalue weighted by Crippen LogP contribution is 2.25. The van der Waals surface area contributed by atoms with E-state index in [1.165, 1.54) is 12.8 Å². The molecular weight excluding hydrogens is 267 g/mol. The van der Waals surface area contributed by atoms with Gasteiger partial charge in [0.2, 0.25) is 0 Å². The van der Waals surface area contributed by atoms with Gasteiger partial charge in [0, 0.05) is 29.9 Å². The highest BCUT2D eigenvalue weighted by Gasteiger charge is 2.20. The first-order chi connectivity index (χ1) is 10.3. The fourth-order valence-electron chi connectivity index (χ4n) is 2.23. The lowest BCUT2D eigenvalue weighted by molar-refractivity contribution is 0.339. The highest BCUT2D eigenvalue weighted by atomic mass is 19.1. The van der Waals surface area contributed by atoms with Crippen LogP contribution in [0.15, 0.2) is 36.7 Å². The van der Waals surface area contributed by atoms with Crippen LogP contribution in [0.2, 0.25) is 0 Å². The van der Waals surface area contributed by atoms with Crippen LogP contribution >= 0.6 is 0 Å². The zero-order valence-electron chi connectivity index (χ0n) is 12.1. The normalized spacial score (nSPS) is 14.2. The van der Waals surface area contributed by atoms with Gasteiger partial charge in [-0.1, -0.05) is 12.1 Å². The Morgan fingerprint density at radius 3 is 2.81 bits per heavy atom. The maximum Gasteiger partial charge on any atom is 0.138 e. The van der Waals surface area contributed by atoms with Crippen molar-refractivity contribution in [1.82, 2.24) is 10.3 Å². The molecule has 2 aromatic rings. The molecule has 3 nitrogen and oxygen atoms in total. The van der Waals surface area contributed by atoms with Crippen molar-refractivity contribution >= 4 is 0 Å². The third kappa shape index (κ3) is 3.58. The minimum atomic E-state index is -0.178. The van der Waals surface area contributed by atoms with Crippen molar-refractivity contribution in [2.75, 3.05) is 6.61 Å². The molecule has 1 aliphatic rings. The first kappa shape index (κ1) is 14.0. The van der Waals surface area contributed by atoms with Gasteiger partial charge in [-0.2, -0.15) is 0 Å². The van der Waals surface area contributed by atoms with Crippen molar-refractivity contribution in [3.63, 3.8) is 0 Å². The molecule has 1 aromatic carbocycles. The molecule has 1 saturated carbocycles. The number of aromatic nitrogens is 1. The Balaban J connectivity index is 1.78. The zero-order valence-corrected chi connectivity index (χ0v) is 12.1. The number of pyridine rings is 1. The Morgan fingerprint density at radius 1 is 1.24 bits per heavy atom. The highest BCUT2D eigenvalue weighted by molar-refractivity contribution is 5.64. The molecular formula is C17H19FN2O. The Hall–Kier alpha value is -1.94. The van der Waals surface area contributed by atoms with Crippen LogP contribution in [0.5, 0.6) is 5.75 Å². The molecule has 0 unspecified atom stereocenters. The minimum absolute atomic E-state index is 0.178. The lowest BCUT2D eigenvalue weighted by atomic mass is 10.0. The van der Waals surface area contributed by atoms with E-state index in [-0.39, 0.29) is 5.82 Å². The summed E-state index contributed by atoms with van der Waals surface area (Å²) in [6.07, 6.45) is 5.79. The summed E-state index contributed by atoms with van der Waals surface area (Å²) < 4.78 is 19.6. The molecule has 0 saturated heterocycles. The van der Waals surface area contributed by atoms with Gasteiger partial charge in [-0.25, -0.2) is 4.39 Å². The van der Waals surface area contributed by atoms with Crippen LogP contribution < -0.4 is 10.1 Å². The van der Waals surface area contributed by atoms with Crippen LogP contribution in [0.1, 0.15) is 25.3 Å². The van der Waals surface area contributed by atoms with Crippen molar-refractivity contribution < 1.29 is 9.13 Å². The van der Waals surface area contributed by atoms with Crippen LogP contribution in [0.4, 0.5) is 4.39 Å². The van der Waals surface area contributed by atoms with E-state index in [0.29, 0.717) is 30.5 Å². The van der Waals surface area contributed by atoms with Crippen molar-refractivity contribution in [3.05, 3.63) is 48.0 Å². The number of nitrogens with zero attached hydrogens (tertiary/aromatic N) is 1. The van der Waals surface area contributed by atoms with Gasteiger partial charge in [-0.15, -0.1) is 0 Å². The summed E-state index contributed by atoms with van der Waals surface area (Å²) in [5.74, 6) is 0.525. The van der Waals surface area contributed by atoms with Crippen molar-refractivity contribution in [3.8, 4) is 16.9 Å². The maximum atomic E-state index is 14.2. The average molecular weight is 286 g/mol. The second-order valence-corrected chi connectivity index (χ2v) is 5.30. The van der Waals surface area contributed by atoms with Gasteiger partial charge in [-0.05, 0) is 37.5 Å². The van der Waals surface area contributed by atoms with E-state index in [9.17, 15) is 4.39 Å². The van der Waals surface area contributed by atoms with Gasteiger partial charge in [0.05, 0.1) is 12.8 Å². The molecule has 1 aromatic heterocycles. The third-order valence-electron chi connectivity index (χ3n) is 3.57. The average Bonchev–Trinajstić information content (AvgIpc) is 3.31. The molecule has 21 heavy (non-hydrogen) atoms. The van der Waals surface area contributed by atoms with E-state index in [0.717, 1.165) is 11.1 Å². The van der Waals surface area contributed by atoms with Gasteiger partial charge in [-0.3, -0.25) is 4.98 Å². The first-order valence-corrected chi connectivity index (χ1v) is 7.36. The number of hydrogen-bond donors (Lipinski definition) is 1. The monoisotopic (exact) mass is 286 g/mol. The lowest BCUT2D eigenvalue weighted by Crippen LogP contribution is -2.16. The topological polar surface area (TPSA) is 34.1 Å². The van der Waals surface area contributed by atoms with Crippen molar-refractivity contribution in [2.45, 2.75) is 32.4 Å². The molecule has 1 heterocycles. The number of ether oxygens (including phenoxy) is 1. The number of halogens is 1. The molecule has 1 fully saturated rings. The third-order valence-corrected chi connectivity index (χ3v) is 3.57. The van der Waals surface area contributed by atoms with E-state index in [1.54, 1.807) is 18.5 Å². The Labute approximate surface area is 124 Å². The molecule has 0 spiro atoms. The van der Waals surface area contributed by atoms with Gasteiger partial charge >= 0.3 is 0 Å². The molecule has 1 N–H and O–H groups in total. The quantitative estimate of drug-likeness (QED) is 0.882. The lowest BCUT2D eigenvalue weighted by Gasteiger charge is -2.09. The van der Waals surface area contributed by atoms with Crippen LogP contribution in [0, 0.1) is 5.82 Å². The Morgan fingerprint density at radius 2 is 2.10 bits per heavy atom. The van der Waals surface area contributed by atoms with Crippen molar-refractivity contribution in [2.24, 2.45) is 0 Å². The number of benzene rings is 1. The fourth-order valence-corrected chi connectivity index (χ4v) is 2.23. The number of hydrogen-bond acceptors (Lipinski definition) is 3. The molecule has 0 aliphatic heterocycles. The standard InChI is InChI=1S/C17H19FN2O/c1-2-21-16-7-14(9-19-11-16)12-3-4-13(17(18)8-12)10-20-15-5-6-15/h3-4,7-9,11,15,20H,2,5-6,10H2,1H3. The summed E-state index contributed by atoms with van der Waals surface area (Å²) in [5, 5.41) is 3.33. The van der Waals surface area contributed by atoms with E-state index in [2.05, 4.69) is 10.3 Å². The van der Waals surface area contributed by atoms with Crippen molar-refractivity contribution in [1.29, 1.82) is 0 Å². The fraction of sp³-hybridized carbons (Fsp3) is 0.353. The molecule has 0 atom stereocenters. The van der Waals surface area contributed by atoms with Crippen LogP contribution in [-0.2, 0) is 6.54 Å². The SMILES string of the molecule is CCOc1cncc(-c2ccc(CNC3CC3)c(F)c2)c1. The molecule has 1 aliphatic carbocycles. The maximum absolute atomic E-state index is 14.2. The first-order valence-electron chi connectivity index (χ1n) is 7.36. The molecule has 0 radical (unpaired) electrons. The minimum Gasteiger partial charge on any atom is -0.492 e. The van der Waals surface area contributed by atoms with E-state index < -0.39 is 0 Å².